The third-order valence-electron chi connectivity index (χ3n) is 4.20. The Balaban J connectivity index is 2.11. The third kappa shape index (κ3) is 5.39. The number of carboxylic acid groups (broad SMARTS) is 2. The van der Waals surface area contributed by atoms with E-state index in [9.17, 15) is 19.8 Å². The van der Waals surface area contributed by atoms with E-state index in [2.05, 4.69) is 10.3 Å². The molecule has 2 atom stereocenters. The van der Waals surface area contributed by atoms with Crippen molar-refractivity contribution in [1.82, 2.24) is 10.3 Å². The van der Waals surface area contributed by atoms with Gasteiger partial charge in [0.05, 0.1) is 5.92 Å². The lowest BCUT2D eigenvalue weighted by Gasteiger charge is -2.20. The van der Waals surface area contributed by atoms with Gasteiger partial charge in [0.25, 0.3) is 0 Å². The van der Waals surface area contributed by atoms with Gasteiger partial charge in [-0.05, 0) is 41.2 Å². The quantitative estimate of drug-likeness (QED) is 0.639. The number of aliphatic carboxylic acids is 2. The molecule has 0 spiro atoms. The highest BCUT2D eigenvalue weighted by Crippen LogP contribution is 2.23. The molecule has 0 radical (unpaired) electrons. The summed E-state index contributed by atoms with van der Waals surface area (Å²) in [7, 11) is 0. The van der Waals surface area contributed by atoms with Crippen molar-refractivity contribution in [2.45, 2.75) is 32.2 Å². The largest absolute Gasteiger partial charge is 0.481 e. The predicted molar refractivity (Wildman–Crippen MR) is 98.9 cm³/mol. The van der Waals surface area contributed by atoms with E-state index in [1.54, 1.807) is 24.5 Å². The Labute approximate surface area is 152 Å². The fourth-order valence-corrected chi connectivity index (χ4v) is 2.80. The molecule has 6 nitrogen and oxygen atoms in total. The van der Waals surface area contributed by atoms with Crippen LogP contribution in [0.1, 0.15) is 31.7 Å². The van der Waals surface area contributed by atoms with Gasteiger partial charge in [0.15, 0.2) is 0 Å². The maximum absolute atomic E-state index is 11.7. The van der Waals surface area contributed by atoms with Crippen molar-refractivity contribution in [2.75, 3.05) is 6.54 Å². The average molecular weight is 356 g/mol. The molecule has 2 aromatic rings. The van der Waals surface area contributed by atoms with E-state index >= 15 is 0 Å². The smallest absolute Gasteiger partial charge is 0.320 e. The summed E-state index contributed by atoms with van der Waals surface area (Å²) in [5.41, 5.74) is 2.60. The lowest BCUT2D eigenvalue weighted by molar-refractivity contribution is -0.142. The SMILES string of the molecule is CC(C)C[C@H](NCC(C(=O)O)c1ccc(-c2ccncc2)cc1)C(=O)O. The van der Waals surface area contributed by atoms with Crippen molar-refractivity contribution in [3.05, 3.63) is 54.4 Å². The number of nitrogens with zero attached hydrogens (tertiary/aromatic N) is 1. The summed E-state index contributed by atoms with van der Waals surface area (Å²) in [6.45, 7) is 3.93. The van der Waals surface area contributed by atoms with E-state index < -0.39 is 23.9 Å². The van der Waals surface area contributed by atoms with Crippen molar-refractivity contribution in [3.63, 3.8) is 0 Å². The maximum Gasteiger partial charge on any atom is 0.320 e. The topological polar surface area (TPSA) is 99.5 Å². The summed E-state index contributed by atoms with van der Waals surface area (Å²) in [5.74, 6) is -2.55. The van der Waals surface area contributed by atoms with Gasteiger partial charge in [0.2, 0.25) is 0 Å². The van der Waals surface area contributed by atoms with Gasteiger partial charge in [-0.2, -0.15) is 0 Å². The molecule has 0 saturated carbocycles. The van der Waals surface area contributed by atoms with Crippen LogP contribution in [0.15, 0.2) is 48.8 Å². The molecule has 1 unspecified atom stereocenters. The van der Waals surface area contributed by atoms with Crippen LogP contribution in [0.4, 0.5) is 0 Å². The molecule has 26 heavy (non-hydrogen) atoms. The first-order valence-corrected chi connectivity index (χ1v) is 8.57. The molecule has 1 aromatic carbocycles. The number of aromatic nitrogens is 1. The first kappa shape index (κ1) is 19.6. The second-order valence-corrected chi connectivity index (χ2v) is 6.68. The Morgan fingerprint density at radius 2 is 1.54 bits per heavy atom. The van der Waals surface area contributed by atoms with Crippen LogP contribution < -0.4 is 5.32 Å². The van der Waals surface area contributed by atoms with E-state index in [0.29, 0.717) is 12.0 Å². The van der Waals surface area contributed by atoms with Crippen LogP contribution in [0.3, 0.4) is 0 Å². The second kappa shape index (κ2) is 9.10. The lowest BCUT2D eigenvalue weighted by atomic mass is 9.95. The zero-order valence-electron chi connectivity index (χ0n) is 14.9. The first-order chi connectivity index (χ1) is 12.4. The fraction of sp³-hybridized carbons (Fsp3) is 0.350. The van der Waals surface area contributed by atoms with Gasteiger partial charge in [-0.25, -0.2) is 0 Å². The minimum Gasteiger partial charge on any atom is -0.481 e. The Kier molecular flexibility index (Phi) is 6.86. The number of pyridine rings is 1. The molecule has 1 heterocycles. The van der Waals surface area contributed by atoms with Crippen LogP contribution in [0.2, 0.25) is 0 Å². The molecule has 0 bridgehead atoms. The van der Waals surface area contributed by atoms with Crippen molar-refractivity contribution in [2.24, 2.45) is 5.92 Å². The lowest BCUT2D eigenvalue weighted by Crippen LogP contribution is -2.41. The molecule has 0 aliphatic carbocycles. The standard InChI is InChI=1S/C20H24N2O4/c1-13(2)11-18(20(25)26)22-12-17(19(23)24)16-5-3-14(4-6-16)15-7-9-21-10-8-15/h3-10,13,17-18,22H,11-12H2,1-2H3,(H,23,24)(H,25,26)/t17?,18-/m0/s1. The monoisotopic (exact) mass is 356 g/mol. The third-order valence-corrected chi connectivity index (χ3v) is 4.20. The zero-order valence-corrected chi connectivity index (χ0v) is 14.9. The minimum atomic E-state index is -0.983. The highest BCUT2D eigenvalue weighted by Gasteiger charge is 2.24. The Hall–Kier alpha value is -2.73. The summed E-state index contributed by atoms with van der Waals surface area (Å²) in [6.07, 6.45) is 3.85. The van der Waals surface area contributed by atoms with E-state index in [-0.39, 0.29) is 12.5 Å². The van der Waals surface area contributed by atoms with Gasteiger partial charge >= 0.3 is 11.9 Å². The highest BCUT2D eigenvalue weighted by molar-refractivity contribution is 5.77. The van der Waals surface area contributed by atoms with Gasteiger partial charge < -0.3 is 15.5 Å². The van der Waals surface area contributed by atoms with E-state index in [1.807, 2.05) is 38.1 Å². The predicted octanol–water partition coefficient (Wildman–Crippen LogP) is 3.01. The summed E-state index contributed by atoms with van der Waals surface area (Å²) < 4.78 is 0. The van der Waals surface area contributed by atoms with Gasteiger partial charge in [-0.1, -0.05) is 38.1 Å². The summed E-state index contributed by atoms with van der Waals surface area (Å²) >= 11 is 0. The second-order valence-electron chi connectivity index (χ2n) is 6.68. The summed E-state index contributed by atoms with van der Waals surface area (Å²) in [6, 6.07) is 10.3. The summed E-state index contributed by atoms with van der Waals surface area (Å²) in [5, 5.41) is 21.7. The van der Waals surface area contributed by atoms with Crippen LogP contribution in [0.25, 0.3) is 11.1 Å². The van der Waals surface area contributed by atoms with Gasteiger partial charge in [-0.3, -0.25) is 14.6 Å². The molecule has 0 amide bonds. The molecule has 0 fully saturated rings. The van der Waals surface area contributed by atoms with E-state index in [0.717, 1.165) is 11.1 Å². The van der Waals surface area contributed by atoms with Crippen LogP contribution in [-0.2, 0) is 9.59 Å². The van der Waals surface area contributed by atoms with Crippen LogP contribution in [0, 0.1) is 5.92 Å². The molecule has 6 heteroatoms. The van der Waals surface area contributed by atoms with Crippen LogP contribution in [0.5, 0.6) is 0 Å². The van der Waals surface area contributed by atoms with Crippen LogP contribution >= 0.6 is 0 Å². The molecule has 1 aromatic heterocycles. The van der Waals surface area contributed by atoms with Crippen molar-refractivity contribution >= 4 is 11.9 Å². The fourth-order valence-electron chi connectivity index (χ4n) is 2.80. The summed E-state index contributed by atoms with van der Waals surface area (Å²) in [4.78, 5) is 27.0. The molecule has 0 aliphatic rings. The van der Waals surface area contributed by atoms with Gasteiger partial charge in [0.1, 0.15) is 6.04 Å². The minimum absolute atomic E-state index is 0.0631. The van der Waals surface area contributed by atoms with E-state index in [1.165, 1.54) is 0 Å². The molecular weight excluding hydrogens is 332 g/mol. The normalized spacial score (nSPS) is 13.3. The number of rotatable bonds is 9. The molecule has 0 saturated heterocycles. The Morgan fingerprint density at radius 3 is 2.04 bits per heavy atom. The average Bonchev–Trinajstić information content (AvgIpc) is 2.61. The van der Waals surface area contributed by atoms with E-state index in [4.69, 9.17) is 0 Å². The number of benzene rings is 1. The number of hydrogen-bond acceptors (Lipinski definition) is 4. The van der Waals surface area contributed by atoms with Crippen LogP contribution in [-0.4, -0.2) is 39.7 Å². The van der Waals surface area contributed by atoms with Crippen molar-refractivity contribution in [3.8, 4) is 11.1 Å². The number of nitrogens with one attached hydrogen (secondary N) is 1. The molecule has 0 aliphatic heterocycles. The highest BCUT2D eigenvalue weighted by atomic mass is 16.4. The van der Waals surface area contributed by atoms with Gasteiger partial charge in [0, 0.05) is 18.9 Å². The Bertz CT molecular complexity index is 729. The zero-order chi connectivity index (χ0) is 19.1. The number of carbonyl (C=O) groups is 2. The number of carboxylic acids is 2. The molecule has 3 N–H and O–H groups in total. The van der Waals surface area contributed by atoms with Crippen molar-refractivity contribution in [1.29, 1.82) is 0 Å². The molecule has 138 valence electrons. The Morgan fingerprint density at radius 1 is 0.962 bits per heavy atom. The number of hydrogen-bond donors (Lipinski definition) is 3. The molecule has 2 rings (SSSR count). The van der Waals surface area contributed by atoms with Gasteiger partial charge in [-0.15, -0.1) is 0 Å². The van der Waals surface area contributed by atoms with Crippen molar-refractivity contribution < 1.29 is 19.8 Å². The molecular formula is C20H24N2O4. The maximum atomic E-state index is 11.7. The first-order valence-electron chi connectivity index (χ1n) is 8.57.